The zero-order chi connectivity index (χ0) is 25.3. The summed E-state index contributed by atoms with van der Waals surface area (Å²) >= 11 is 1.61. The predicted molar refractivity (Wildman–Crippen MR) is 140 cm³/mol. The summed E-state index contributed by atoms with van der Waals surface area (Å²) in [6.07, 6.45) is 4.64. The molecule has 1 N–H and O–H groups in total. The summed E-state index contributed by atoms with van der Waals surface area (Å²) in [6.45, 7) is 20.0. The standard InChI is InChI=1S/C28H47NO4S/c1-8-26(6)17-22(33-23(31)18-34-16-15-29(9-2)10-3)27(7)19(4)11-13-28(20(5)25(26)32)14-12-21(30)24(27)28/h8,19-20,22,24-25,32H,1,9-18H2,2-7H3/t19-,20+,22-,24?,25+,26-,27-,28+/m1/s1. The minimum atomic E-state index is -0.624. The molecule has 3 aliphatic rings. The van der Waals surface area contributed by atoms with Gasteiger partial charge in [-0.05, 0) is 56.0 Å². The van der Waals surface area contributed by atoms with Crippen LogP contribution in [-0.4, -0.2) is 65.1 Å². The molecule has 3 aliphatic carbocycles. The monoisotopic (exact) mass is 493 g/mol. The molecule has 34 heavy (non-hydrogen) atoms. The molecule has 8 atom stereocenters. The molecular weight excluding hydrogens is 446 g/mol. The number of carbonyl (C=O) groups is 2. The molecule has 0 radical (unpaired) electrons. The van der Waals surface area contributed by atoms with E-state index in [1.54, 1.807) is 11.8 Å². The number of thioether (sulfide) groups is 1. The number of aliphatic hydroxyl groups excluding tert-OH is 1. The number of ether oxygens (including phenoxy) is 1. The maximum atomic E-state index is 13.4. The van der Waals surface area contributed by atoms with Crippen LogP contribution in [-0.2, 0) is 14.3 Å². The number of aliphatic hydroxyl groups is 1. The van der Waals surface area contributed by atoms with Gasteiger partial charge in [0.1, 0.15) is 11.9 Å². The summed E-state index contributed by atoms with van der Waals surface area (Å²) in [7, 11) is 0. The van der Waals surface area contributed by atoms with E-state index < -0.39 is 23.0 Å². The highest BCUT2D eigenvalue weighted by Crippen LogP contribution is 2.67. The number of carbonyl (C=O) groups excluding carboxylic acids is 2. The van der Waals surface area contributed by atoms with E-state index in [0.717, 1.165) is 44.6 Å². The van der Waals surface area contributed by atoms with Crippen LogP contribution < -0.4 is 0 Å². The summed E-state index contributed by atoms with van der Waals surface area (Å²) < 4.78 is 6.30. The van der Waals surface area contributed by atoms with Crippen LogP contribution in [0.2, 0.25) is 0 Å². The first-order valence-electron chi connectivity index (χ1n) is 13.3. The molecule has 0 aromatic rings. The van der Waals surface area contributed by atoms with Gasteiger partial charge in [-0.15, -0.1) is 18.3 Å². The Labute approximate surface area is 211 Å². The van der Waals surface area contributed by atoms with Crippen LogP contribution in [0, 0.1) is 34.0 Å². The molecule has 194 valence electrons. The first-order valence-corrected chi connectivity index (χ1v) is 14.5. The summed E-state index contributed by atoms with van der Waals surface area (Å²) in [6, 6.07) is 0. The molecule has 3 saturated carbocycles. The molecule has 0 aliphatic heterocycles. The molecule has 5 nitrogen and oxygen atoms in total. The van der Waals surface area contributed by atoms with E-state index in [1.807, 2.05) is 13.0 Å². The Bertz CT molecular complexity index is 770. The van der Waals surface area contributed by atoms with E-state index in [0.29, 0.717) is 24.4 Å². The van der Waals surface area contributed by atoms with E-state index >= 15 is 0 Å². The molecule has 0 aromatic heterocycles. The molecule has 0 saturated heterocycles. The van der Waals surface area contributed by atoms with Crippen molar-refractivity contribution in [3.63, 3.8) is 0 Å². The Kier molecular flexibility index (Phi) is 8.68. The van der Waals surface area contributed by atoms with Crippen LogP contribution in [0.25, 0.3) is 0 Å². The van der Waals surface area contributed by atoms with Crippen molar-refractivity contribution in [3.05, 3.63) is 12.7 Å². The van der Waals surface area contributed by atoms with Gasteiger partial charge in [0, 0.05) is 35.5 Å². The quantitative estimate of drug-likeness (QED) is 0.278. The highest BCUT2D eigenvalue weighted by atomic mass is 32.2. The number of nitrogens with zero attached hydrogens (tertiary/aromatic N) is 1. The molecule has 2 bridgehead atoms. The molecule has 0 spiro atoms. The molecule has 1 unspecified atom stereocenters. The van der Waals surface area contributed by atoms with Crippen LogP contribution in [0.15, 0.2) is 12.7 Å². The van der Waals surface area contributed by atoms with Gasteiger partial charge in [0.25, 0.3) is 0 Å². The number of esters is 1. The Morgan fingerprint density at radius 1 is 1.26 bits per heavy atom. The number of hydrogen-bond acceptors (Lipinski definition) is 6. The second-order valence-electron chi connectivity index (χ2n) is 11.6. The minimum absolute atomic E-state index is 0.00828. The van der Waals surface area contributed by atoms with Gasteiger partial charge in [-0.25, -0.2) is 0 Å². The molecular formula is C28H47NO4S. The number of rotatable bonds is 9. The van der Waals surface area contributed by atoms with Crippen LogP contribution in [0.4, 0.5) is 0 Å². The van der Waals surface area contributed by atoms with Crippen LogP contribution in [0.3, 0.4) is 0 Å². The summed E-state index contributed by atoms with van der Waals surface area (Å²) in [5.74, 6) is 1.37. The maximum absolute atomic E-state index is 13.4. The van der Waals surface area contributed by atoms with Crippen molar-refractivity contribution in [2.45, 2.75) is 85.9 Å². The summed E-state index contributed by atoms with van der Waals surface area (Å²) in [5, 5.41) is 11.6. The van der Waals surface area contributed by atoms with Crippen molar-refractivity contribution in [2.75, 3.05) is 31.1 Å². The highest BCUT2D eigenvalue weighted by Gasteiger charge is 2.68. The van der Waals surface area contributed by atoms with Crippen molar-refractivity contribution < 1.29 is 19.4 Å². The minimum Gasteiger partial charge on any atom is -0.461 e. The second kappa shape index (κ2) is 10.6. The van der Waals surface area contributed by atoms with Gasteiger partial charge >= 0.3 is 5.97 Å². The van der Waals surface area contributed by atoms with E-state index in [4.69, 9.17) is 4.74 Å². The number of Topliss-reactive ketones (excluding diaryl/α,β-unsaturated/α-hetero) is 1. The van der Waals surface area contributed by atoms with Gasteiger partial charge in [-0.1, -0.05) is 47.6 Å². The summed E-state index contributed by atoms with van der Waals surface area (Å²) in [5.41, 5.74) is -1.25. The average Bonchev–Trinajstić information content (AvgIpc) is 3.17. The van der Waals surface area contributed by atoms with E-state index in [1.165, 1.54) is 0 Å². The van der Waals surface area contributed by atoms with Crippen LogP contribution in [0.5, 0.6) is 0 Å². The molecule has 6 heteroatoms. The van der Waals surface area contributed by atoms with Gasteiger partial charge in [0.05, 0.1) is 11.9 Å². The Morgan fingerprint density at radius 2 is 1.94 bits per heavy atom. The SMILES string of the molecule is C=C[C@]1(C)C[C@@H](OC(=O)CSCCN(CC)CC)[C@]2(C)C3C(=O)CC[C@@]3(CC[C@H]2C)[C@@H](C)[C@@H]1O. The van der Waals surface area contributed by atoms with E-state index in [9.17, 15) is 14.7 Å². The van der Waals surface area contributed by atoms with Crippen LogP contribution in [0.1, 0.15) is 73.6 Å². The third kappa shape index (κ3) is 4.64. The van der Waals surface area contributed by atoms with Gasteiger partial charge in [0.15, 0.2) is 0 Å². The van der Waals surface area contributed by atoms with Crippen molar-refractivity contribution in [1.82, 2.24) is 4.90 Å². The topological polar surface area (TPSA) is 66.8 Å². The van der Waals surface area contributed by atoms with Gasteiger partial charge in [0.2, 0.25) is 0 Å². The van der Waals surface area contributed by atoms with E-state index in [-0.39, 0.29) is 29.1 Å². The Morgan fingerprint density at radius 3 is 2.56 bits per heavy atom. The summed E-state index contributed by atoms with van der Waals surface area (Å²) in [4.78, 5) is 28.9. The van der Waals surface area contributed by atoms with Crippen molar-refractivity contribution in [2.24, 2.45) is 34.0 Å². The lowest BCUT2D eigenvalue weighted by atomic mass is 9.44. The third-order valence-electron chi connectivity index (χ3n) is 10.2. The maximum Gasteiger partial charge on any atom is 0.316 e. The smallest absolute Gasteiger partial charge is 0.316 e. The Hall–Kier alpha value is -0.850. The number of hydrogen-bond donors (Lipinski definition) is 1. The first-order chi connectivity index (χ1) is 16.0. The normalized spacial score (nSPS) is 42.1. The zero-order valence-corrected chi connectivity index (χ0v) is 23.1. The fraction of sp³-hybridized carbons (Fsp3) is 0.857. The largest absolute Gasteiger partial charge is 0.461 e. The van der Waals surface area contributed by atoms with E-state index in [2.05, 4.69) is 46.1 Å². The second-order valence-corrected chi connectivity index (χ2v) is 12.7. The molecule has 0 aromatic carbocycles. The van der Waals surface area contributed by atoms with Gasteiger partial charge in [-0.3, -0.25) is 9.59 Å². The predicted octanol–water partition coefficient (Wildman–Crippen LogP) is 4.97. The lowest BCUT2D eigenvalue weighted by Crippen LogP contribution is -2.63. The van der Waals surface area contributed by atoms with Crippen molar-refractivity contribution >= 4 is 23.5 Å². The number of ketones is 1. The molecule has 0 heterocycles. The zero-order valence-electron chi connectivity index (χ0n) is 22.3. The lowest BCUT2D eigenvalue weighted by Gasteiger charge is -2.61. The molecule has 3 rings (SSSR count). The van der Waals surface area contributed by atoms with Crippen molar-refractivity contribution in [1.29, 1.82) is 0 Å². The average molecular weight is 494 g/mol. The third-order valence-corrected chi connectivity index (χ3v) is 11.2. The fourth-order valence-electron chi connectivity index (χ4n) is 7.58. The fourth-order valence-corrected chi connectivity index (χ4v) is 8.35. The molecule has 3 fully saturated rings. The van der Waals surface area contributed by atoms with Gasteiger partial charge < -0.3 is 14.7 Å². The van der Waals surface area contributed by atoms with Crippen molar-refractivity contribution in [3.8, 4) is 0 Å². The molecule has 0 amide bonds. The van der Waals surface area contributed by atoms with Crippen LogP contribution >= 0.6 is 11.8 Å². The lowest BCUT2D eigenvalue weighted by molar-refractivity contribution is -0.205. The highest BCUT2D eigenvalue weighted by molar-refractivity contribution is 7.99. The Balaban J connectivity index is 1.88. The first kappa shape index (κ1) is 27.7. The van der Waals surface area contributed by atoms with Gasteiger partial charge in [-0.2, -0.15) is 0 Å².